The Labute approximate surface area is 160 Å². The van der Waals surface area contributed by atoms with Gasteiger partial charge in [0.25, 0.3) is 0 Å². The van der Waals surface area contributed by atoms with Crippen LogP contribution in [0.1, 0.15) is 6.92 Å². The first-order valence-corrected chi connectivity index (χ1v) is 9.88. The highest BCUT2D eigenvalue weighted by Gasteiger charge is 2.20. The van der Waals surface area contributed by atoms with Crippen molar-refractivity contribution in [2.24, 2.45) is 5.16 Å². The molecule has 0 heterocycles. The maximum atomic E-state index is 12.2. The van der Waals surface area contributed by atoms with E-state index in [9.17, 15) is 18.3 Å². The number of methoxy groups -OCH3 is 1. The molecule has 0 fully saturated rings. The summed E-state index contributed by atoms with van der Waals surface area (Å²) in [6.45, 7) is 1.69. The highest BCUT2D eigenvalue weighted by molar-refractivity contribution is 8.15. The lowest BCUT2D eigenvalue weighted by atomic mass is 10.3. The number of oxime groups is 1. The first-order chi connectivity index (χ1) is 12.9. The molecule has 1 N–H and O–H groups in total. The molecule has 0 aliphatic rings. The van der Waals surface area contributed by atoms with Gasteiger partial charge in [-0.15, -0.1) is 0 Å². The minimum Gasteiger partial charge on any atom is -0.508 e. The van der Waals surface area contributed by atoms with Crippen molar-refractivity contribution in [3.8, 4) is 11.5 Å². The molecule has 8 nitrogen and oxygen atoms in total. The van der Waals surface area contributed by atoms with Gasteiger partial charge in [0, 0.05) is 4.90 Å². The van der Waals surface area contributed by atoms with Crippen LogP contribution < -0.4 is 4.74 Å². The summed E-state index contributed by atoms with van der Waals surface area (Å²) in [5, 5.41) is 12.5. The van der Waals surface area contributed by atoms with Gasteiger partial charge in [0.15, 0.2) is 0 Å². The minimum atomic E-state index is -4.23. The molecule has 0 spiro atoms. The molecule has 0 atom stereocenters. The Bertz CT molecular complexity index is 907. The number of thioether (sulfide) groups is 1. The molecular weight excluding hydrogens is 394 g/mol. The largest absolute Gasteiger partial charge is 0.508 e. The number of ether oxygens (including phenoxy) is 2. The van der Waals surface area contributed by atoms with E-state index in [4.69, 9.17) is 9.47 Å². The molecule has 0 unspecified atom stereocenters. The smallest absolute Gasteiger partial charge is 0.367 e. The molecule has 0 saturated heterocycles. The summed E-state index contributed by atoms with van der Waals surface area (Å²) in [5.41, 5.74) is 0. The van der Waals surface area contributed by atoms with Crippen LogP contribution in [0.4, 0.5) is 0 Å². The first kappa shape index (κ1) is 20.6. The standard InChI is InChI=1S/C17H17NO7S2/c1-3-24-17(20)16(26-14-8-4-12(19)5-9-14)18-25-27(21,22)15-10-6-13(23-2)7-11-15/h4-11,19H,3H2,1-2H3. The molecule has 144 valence electrons. The number of carbonyl (C=O) groups is 1. The van der Waals surface area contributed by atoms with Gasteiger partial charge in [0.05, 0.1) is 13.7 Å². The number of benzene rings is 2. The summed E-state index contributed by atoms with van der Waals surface area (Å²) in [5.74, 6) is -0.305. The molecule has 0 aliphatic heterocycles. The number of rotatable bonds is 6. The van der Waals surface area contributed by atoms with Gasteiger partial charge < -0.3 is 14.6 Å². The van der Waals surface area contributed by atoms with E-state index in [-0.39, 0.29) is 22.3 Å². The molecule has 2 rings (SSSR count). The number of phenolic OH excluding ortho intramolecular Hbond substituents is 1. The van der Waals surface area contributed by atoms with Crippen LogP contribution in [0.3, 0.4) is 0 Å². The van der Waals surface area contributed by atoms with Gasteiger partial charge in [0.1, 0.15) is 16.4 Å². The van der Waals surface area contributed by atoms with Crippen LogP contribution in [-0.2, 0) is 23.9 Å². The number of hydrogen-bond donors (Lipinski definition) is 1. The van der Waals surface area contributed by atoms with Gasteiger partial charge in [-0.05, 0) is 55.5 Å². The lowest BCUT2D eigenvalue weighted by Crippen LogP contribution is -2.16. The second-order valence-electron chi connectivity index (χ2n) is 4.92. The Kier molecular flexibility index (Phi) is 7.08. The second-order valence-corrected chi connectivity index (χ2v) is 7.51. The molecule has 0 bridgehead atoms. The normalized spacial score (nSPS) is 11.7. The zero-order valence-electron chi connectivity index (χ0n) is 14.5. The van der Waals surface area contributed by atoms with Crippen LogP contribution in [-0.4, -0.2) is 38.3 Å². The summed E-state index contributed by atoms with van der Waals surface area (Å²) in [4.78, 5) is 12.4. The maximum Gasteiger partial charge on any atom is 0.367 e. The summed E-state index contributed by atoms with van der Waals surface area (Å²) >= 11 is 0.842. The Morgan fingerprint density at radius 3 is 2.30 bits per heavy atom. The molecule has 27 heavy (non-hydrogen) atoms. The number of hydrogen-bond acceptors (Lipinski definition) is 9. The number of carbonyl (C=O) groups excluding carboxylic acids is 1. The Morgan fingerprint density at radius 1 is 1.11 bits per heavy atom. The van der Waals surface area contributed by atoms with Gasteiger partial charge in [-0.25, -0.2) is 4.79 Å². The van der Waals surface area contributed by atoms with Crippen molar-refractivity contribution < 1.29 is 32.1 Å². The molecule has 0 amide bonds. The predicted molar refractivity (Wildman–Crippen MR) is 99.3 cm³/mol. The highest BCUT2D eigenvalue weighted by atomic mass is 32.2. The van der Waals surface area contributed by atoms with Crippen molar-refractivity contribution in [3.63, 3.8) is 0 Å². The van der Waals surface area contributed by atoms with E-state index in [1.54, 1.807) is 6.92 Å². The average Bonchev–Trinajstić information content (AvgIpc) is 2.66. The number of phenols is 1. The van der Waals surface area contributed by atoms with Crippen LogP contribution in [0.25, 0.3) is 0 Å². The predicted octanol–water partition coefficient (Wildman–Crippen LogP) is 2.78. The van der Waals surface area contributed by atoms with Gasteiger partial charge >= 0.3 is 16.1 Å². The number of esters is 1. The van der Waals surface area contributed by atoms with Crippen molar-refractivity contribution in [3.05, 3.63) is 48.5 Å². The number of aromatic hydroxyl groups is 1. The van der Waals surface area contributed by atoms with Gasteiger partial charge in [-0.3, -0.25) is 4.28 Å². The van der Waals surface area contributed by atoms with Gasteiger partial charge in [0.2, 0.25) is 5.04 Å². The third-order valence-corrected chi connectivity index (χ3v) is 5.13. The monoisotopic (exact) mass is 411 g/mol. The first-order valence-electron chi connectivity index (χ1n) is 7.65. The minimum absolute atomic E-state index is 0.0484. The SMILES string of the molecule is CCOC(=O)C(=NOS(=O)(=O)c1ccc(OC)cc1)Sc1ccc(O)cc1. The lowest BCUT2D eigenvalue weighted by molar-refractivity contribution is -0.134. The quantitative estimate of drug-likeness (QED) is 0.254. The van der Waals surface area contributed by atoms with Gasteiger partial charge in [-0.1, -0.05) is 16.9 Å². The molecule has 0 aromatic heterocycles. The fourth-order valence-electron chi connectivity index (χ4n) is 1.78. The molecule has 2 aromatic carbocycles. The summed E-state index contributed by atoms with van der Waals surface area (Å²) in [6, 6.07) is 11.4. The lowest BCUT2D eigenvalue weighted by Gasteiger charge is -2.07. The Hall–Kier alpha value is -2.72. The van der Waals surface area contributed by atoms with Crippen LogP contribution in [0.15, 0.2) is 63.5 Å². The fraction of sp³-hybridized carbons (Fsp3) is 0.176. The zero-order valence-corrected chi connectivity index (χ0v) is 16.1. The third-order valence-electron chi connectivity index (χ3n) is 3.07. The van der Waals surface area contributed by atoms with E-state index in [1.165, 1.54) is 55.6 Å². The Balaban J connectivity index is 2.23. The molecule has 0 radical (unpaired) electrons. The number of nitrogens with zero attached hydrogens (tertiary/aromatic N) is 1. The molecular formula is C17H17NO7S2. The van der Waals surface area contributed by atoms with Crippen molar-refractivity contribution in [1.82, 2.24) is 0 Å². The fourth-order valence-corrected chi connectivity index (χ4v) is 3.27. The van der Waals surface area contributed by atoms with Crippen LogP contribution in [0.2, 0.25) is 0 Å². The highest BCUT2D eigenvalue weighted by Crippen LogP contribution is 2.24. The molecule has 10 heteroatoms. The van der Waals surface area contributed by atoms with Crippen molar-refractivity contribution in [2.45, 2.75) is 16.7 Å². The van der Waals surface area contributed by atoms with E-state index in [0.717, 1.165) is 11.8 Å². The van der Waals surface area contributed by atoms with E-state index < -0.39 is 16.1 Å². The van der Waals surface area contributed by atoms with Crippen LogP contribution in [0, 0.1) is 0 Å². The van der Waals surface area contributed by atoms with Crippen molar-refractivity contribution >= 4 is 32.9 Å². The van der Waals surface area contributed by atoms with E-state index in [0.29, 0.717) is 10.6 Å². The summed E-state index contributed by atoms with van der Waals surface area (Å²) in [6.07, 6.45) is 0. The third kappa shape index (κ3) is 5.90. The van der Waals surface area contributed by atoms with Crippen LogP contribution in [0.5, 0.6) is 11.5 Å². The van der Waals surface area contributed by atoms with E-state index in [2.05, 4.69) is 9.44 Å². The Morgan fingerprint density at radius 2 is 1.74 bits per heavy atom. The zero-order chi connectivity index (χ0) is 19.9. The molecule has 0 saturated carbocycles. The van der Waals surface area contributed by atoms with E-state index in [1.807, 2.05) is 0 Å². The molecule has 0 aliphatic carbocycles. The van der Waals surface area contributed by atoms with Gasteiger partial charge in [-0.2, -0.15) is 8.42 Å². The average molecular weight is 411 g/mol. The summed E-state index contributed by atoms with van der Waals surface area (Å²) < 4.78 is 39.0. The second kappa shape index (κ2) is 9.28. The van der Waals surface area contributed by atoms with Crippen molar-refractivity contribution in [1.29, 1.82) is 0 Å². The van der Waals surface area contributed by atoms with Crippen molar-refractivity contribution in [2.75, 3.05) is 13.7 Å². The van der Waals surface area contributed by atoms with E-state index >= 15 is 0 Å². The summed E-state index contributed by atoms with van der Waals surface area (Å²) in [7, 11) is -2.78. The molecule has 2 aromatic rings. The topological polar surface area (TPSA) is 111 Å². The maximum absolute atomic E-state index is 12.2. The van der Waals surface area contributed by atoms with Crippen LogP contribution >= 0.6 is 11.8 Å².